The van der Waals surface area contributed by atoms with Crippen molar-refractivity contribution in [1.29, 1.82) is 0 Å². The fourth-order valence-electron chi connectivity index (χ4n) is 2.00. The molecule has 0 aromatic heterocycles. The van der Waals surface area contributed by atoms with Crippen LogP contribution in [0.25, 0.3) is 0 Å². The molecular formula is C12H13F4NO. The van der Waals surface area contributed by atoms with Crippen LogP contribution in [0, 0.1) is 5.82 Å². The van der Waals surface area contributed by atoms with Gasteiger partial charge in [-0.05, 0) is 17.7 Å². The summed E-state index contributed by atoms with van der Waals surface area (Å²) in [6.07, 6.45) is -4.33. The van der Waals surface area contributed by atoms with Gasteiger partial charge in [0.25, 0.3) is 0 Å². The predicted octanol–water partition coefficient (Wildman–Crippen LogP) is 2.25. The Labute approximate surface area is 102 Å². The number of halogens is 4. The summed E-state index contributed by atoms with van der Waals surface area (Å²) in [6.45, 7) is -0.352. The Morgan fingerprint density at radius 1 is 1.28 bits per heavy atom. The van der Waals surface area contributed by atoms with Crippen LogP contribution in [-0.2, 0) is 10.2 Å². The van der Waals surface area contributed by atoms with Crippen molar-refractivity contribution in [1.82, 2.24) is 5.32 Å². The summed E-state index contributed by atoms with van der Waals surface area (Å²) < 4.78 is 53.9. The first-order chi connectivity index (χ1) is 8.41. The van der Waals surface area contributed by atoms with E-state index in [4.69, 9.17) is 4.74 Å². The van der Waals surface area contributed by atoms with E-state index in [-0.39, 0.29) is 6.61 Å². The lowest BCUT2D eigenvalue weighted by Gasteiger charge is -2.43. The van der Waals surface area contributed by atoms with Gasteiger partial charge in [0.15, 0.2) is 0 Å². The van der Waals surface area contributed by atoms with Crippen molar-refractivity contribution in [2.24, 2.45) is 0 Å². The second-order valence-corrected chi connectivity index (χ2v) is 4.50. The average molecular weight is 263 g/mol. The zero-order valence-electron chi connectivity index (χ0n) is 9.56. The first-order valence-electron chi connectivity index (χ1n) is 5.53. The van der Waals surface area contributed by atoms with Gasteiger partial charge in [-0.1, -0.05) is 12.1 Å². The van der Waals surface area contributed by atoms with Gasteiger partial charge in [0, 0.05) is 18.5 Å². The Kier molecular flexibility index (Phi) is 3.59. The lowest BCUT2D eigenvalue weighted by Crippen LogP contribution is -2.59. The minimum absolute atomic E-state index is 0.0665. The molecule has 0 radical (unpaired) electrons. The molecule has 0 saturated carbocycles. The molecule has 18 heavy (non-hydrogen) atoms. The zero-order valence-corrected chi connectivity index (χ0v) is 9.56. The number of hydrogen-bond acceptors (Lipinski definition) is 2. The smallest absolute Gasteiger partial charge is 0.371 e. The average Bonchev–Trinajstić information content (AvgIpc) is 2.20. The van der Waals surface area contributed by atoms with Crippen LogP contribution < -0.4 is 5.32 Å². The maximum absolute atomic E-state index is 13.1. The molecule has 0 unspecified atom stereocenters. The van der Waals surface area contributed by atoms with Gasteiger partial charge in [0.1, 0.15) is 12.4 Å². The van der Waals surface area contributed by atoms with E-state index in [9.17, 15) is 17.6 Å². The van der Waals surface area contributed by atoms with Gasteiger partial charge in [-0.15, -0.1) is 0 Å². The Bertz CT molecular complexity index is 415. The SMILES string of the molecule is Fc1cccc(C2(COCC(F)(F)F)CNC2)c1. The van der Waals surface area contributed by atoms with Crippen LogP contribution in [0.4, 0.5) is 17.6 Å². The molecule has 1 heterocycles. The third-order valence-corrected chi connectivity index (χ3v) is 3.01. The topological polar surface area (TPSA) is 21.3 Å². The summed E-state index contributed by atoms with van der Waals surface area (Å²) in [7, 11) is 0. The highest BCUT2D eigenvalue weighted by molar-refractivity contribution is 5.30. The van der Waals surface area contributed by atoms with Crippen LogP contribution >= 0.6 is 0 Å². The second-order valence-electron chi connectivity index (χ2n) is 4.50. The van der Waals surface area contributed by atoms with Crippen LogP contribution in [0.2, 0.25) is 0 Å². The molecule has 0 aliphatic carbocycles. The van der Waals surface area contributed by atoms with E-state index in [1.807, 2.05) is 0 Å². The Balaban J connectivity index is 2.03. The van der Waals surface area contributed by atoms with Crippen molar-refractivity contribution in [3.63, 3.8) is 0 Å². The molecule has 2 nitrogen and oxygen atoms in total. The van der Waals surface area contributed by atoms with Gasteiger partial charge in [-0.3, -0.25) is 0 Å². The van der Waals surface area contributed by atoms with Crippen molar-refractivity contribution in [2.75, 3.05) is 26.3 Å². The third kappa shape index (κ3) is 3.00. The van der Waals surface area contributed by atoms with Gasteiger partial charge in [0.05, 0.1) is 6.61 Å². The van der Waals surface area contributed by atoms with Gasteiger partial charge < -0.3 is 10.1 Å². The third-order valence-electron chi connectivity index (χ3n) is 3.01. The minimum Gasteiger partial charge on any atom is -0.371 e. The van der Waals surface area contributed by atoms with Crippen LogP contribution in [0.5, 0.6) is 0 Å². The zero-order chi connectivity index (χ0) is 13.2. The Morgan fingerprint density at radius 3 is 2.50 bits per heavy atom. The van der Waals surface area contributed by atoms with E-state index < -0.39 is 24.0 Å². The molecule has 2 rings (SSSR count). The first kappa shape index (κ1) is 13.3. The molecule has 0 amide bonds. The normalized spacial score (nSPS) is 18.4. The minimum atomic E-state index is -4.33. The number of ether oxygens (including phenoxy) is 1. The highest BCUT2D eigenvalue weighted by Gasteiger charge is 2.40. The number of benzene rings is 1. The number of hydrogen-bond donors (Lipinski definition) is 1. The maximum atomic E-state index is 13.1. The second kappa shape index (κ2) is 4.85. The quantitative estimate of drug-likeness (QED) is 0.841. The lowest BCUT2D eigenvalue weighted by molar-refractivity contribution is -0.179. The van der Waals surface area contributed by atoms with E-state index in [1.165, 1.54) is 12.1 Å². The summed E-state index contributed by atoms with van der Waals surface area (Å²) >= 11 is 0. The summed E-state index contributed by atoms with van der Waals surface area (Å²) in [6, 6.07) is 5.91. The van der Waals surface area contributed by atoms with E-state index in [2.05, 4.69) is 5.32 Å². The lowest BCUT2D eigenvalue weighted by atomic mass is 9.76. The Hall–Kier alpha value is -1.14. The van der Waals surface area contributed by atoms with Crippen LogP contribution in [0.1, 0.15) is 5.56 Å². The van der Waals surface area contributed by atoms with Gasteiger partial charge in [-0.25, -0.2) is 4.39 Å². The molecule has 6 heteroatoms. The number of nitrogens with one attached hydrogen (secondary N) is 1. The molecule has 1 aromatic rings. The van der Waals surface area contributed by atoms with Crippen molar-refractivity contribution >= 4 is 0 Å². The monoisotopic (exact) mass is 263 g/mol. The van der Waals surface area contributed by atoms with E-state index in [1.54, 1.807) is 12.1 Å². The molecule has 1 saturated heterocycles. The first-order valence-corrected chi connectivity index (χ1v) is 5.53. The molecule has 1 aliphatic heterocycles. The van der Waals surface area contributed by atoms with Crippen molar-refractivity contribution in [2.45, 2.75) is 11.6 Å². The Morgan fingerprint density at radius 2 is 2.00 bits per heavy atom. The van der Waals surface area contributed by atoms with Gasteiger partial charge in [-0.2, -0.15) is 13.2 Å². The summed E-state index contributed by atoms with van der Waals surface area (Å²) in [5.41, 5.74) is 0.122. The molecule has 1 aliphatic rings. The largest absolute Gasteiger partial charge is 0.411 e. The molecule has 0 bridgehead atoms. The van der Waals surface area contributed by atoms with Crippen LogP contribution in [0.3, 0.4) is 0 Å². The van der Waals surface area contributed by atoms with Crippen LogP contribution in [0.15, 0.2) is 24.3 Å². The van der Waals surface area contributed by atoms with Crippen molar-refractivity contribution in [3.8, 4) is 0 Å². The fraction of sp³-hybridized carbons (Fsp3) is 0.500. The molecule has 1 N–H and O–H groups in total. The maximum Gasteiger partial charge on any atom is 0.411 e. The molecule has 0 atom stereocenters. The van der Waals surface area contributed by atoms with Crippen molar-refractivity contribution in [3.05, 3.63) is 35.6 Å². The summed E-state index contributed by atoms with van der Waals surface area (Å²) in [5.74, 6) is -0.394. The summed E-state index contributed by atoms with van der Waals surface area (Å²) in [5, 5.41) is 2.98. The molecule has 0 spiro atoms. The van der Waals surface area contributed by atoms with Crippen molar-refractivity contribution < 1.29 is 22.3 Å². The molecule has 1 aromatic carbocycles. The molecule has 100 valence electrons. The molecule has 1 fully saturated rings. The van der Waals surface area contributed by atoms with Crippen LogP contribution in [-0.4, -0.2) is 32.5 Å². The standard InChI is InChI=1S/C12H13F4NO/c13-10-3-1-2-9(4-10)11(5-17-6-11)7-18-8-12(14,15)16/h1-4,17H,5-8H2. The summed E-state index contributed by atoms with van der Waals surface area (Å²) in [4.78, 5) is 0. The predicted molar refractivity (Wildman–Crippen MR) is 57.8 cm³/mol. The molecular weight excluding hydrogens is 250 g/mol. The van der Waals surface area contributed by atoms with Gasteiger partial charge >= 0.3 is 6.18 Å². The number of alkyl halides is 3. The van der Waals surface area contributed by atoms with E-state index in [0.29, 0.717) is 18.7 Å². The fourth-order valence-corrected chi connectivity index (χ4v) is 2.00. The highest BCUT2D eigenvalue weighted by atomic mass is 19.4. The van der Waals surface area contributed by atoms with E-state index in [0.717, 1.165) is 0 Å². The van der Waals surface area contributed by atoms with Gasteiger partial charge in [0.2, 0.25) is 0 Å². The highest BCUT2D eigenvalue weighted by Crippen LogP contribution is 2.30. The number of rotatable bonds is 4. The van der Waals surface area contributed by atoms with E-state index >= 15 is 0 Å².